The number of rotatable bonds is 10. The highest BCUT2D eigenvalue weighted by atomic mass is 16.5. The summed E-state index contributed by atoms with van der Waals surface area (Å²) in [7, 11) is 6.40. The molecule has 0 saturated carbocycles. The van der Waals surface area contributed by atoms with Crippen LogP contribution in [0.5, 0.6) is 23.0 Å². The van der Waals surface area contributed by atoms with Gasteiger partial charge in [0.25, 0.3) is 0 Å². The van der Waals surface area contributed by atoms with Gasteiger partial charge >= 0.3 is 0 Å². The molecule has 1 N–H and O–H groups in total. The molecule has 0 saturated heterocycles. The summed E-state index contributed by atoms with van der Waals surface area (Å²) < 4.78 is 21.0. The van der Waals surface area contributed by atoms with Gasteiger partial charge < -0.3 is 24.3 Å². The van der Waals surface area contributed by atoms with Gasteiger partial charge in [-0.2, -0.15) is 0 Å². The van der Waals surface area contributed by atoms with Crippen molar-refractivity contribution in [1.82, 2.24) is 5.32 Å². The zero-order chi connectivity index (χ0) is 19.6. The molecule has 2 aromatic carbocycles. The van der Waals surface area contributed by atoms with E-state index in [2.05, 4.69) is 5.32 Å². The number of amides is 1. The number of methoxy groups -OCH3 is 4. The highest BCUT2D eigenvalue weighted by molar-refractivity contribution is 5.78. The minimum Gasteiger partial charge on any atom is -0.493 e. The van der Waals surface area contributed by atoms with E-state index in [-0.39, 0.29) is 5.91 Å². The Morgan fingerprint density at radius 1 is 0.778 bits per heavy atom. The Morgan fingerprint density at radius 2 is 1.30 bits per heavy atom. The van der Waals surface area contributed by atoms with Gasteiger partial charge in [-0.1, -0.05) is 12.1 Å². The van der Waals surface area contributed by atoms with Crippen molar-refractivity contribution in [3.8, 4) is 23.0 Å². The summed E-state index contributed by atoms with van der Waals surface area (Å²) in [5, 5.41) is 2.95. The van der Waals surface area contributed by atoms with Crippen LogP contribution in [0.2, 0.25) is 0 Å². The van der Waals surface area contributed by atoms with Crippen molar-refractivity contribution in [2.75, 3.05) is 35.0 Å². The number of hydrogen-bond donors (Lipinski definition) is 1. The molecule has 0 aliphatic heterocycles. The number of nitrogens with one attached hydrogen (secondary N) is 1. The Kier molecular flexibility index (Phi) is 7.79. The fourth-order valence-electron chi connectivity index (χ4n) is 2.79. The SMILES string of the molecule is COc1ccc(CCCNC(=O)Cc2ccc(OC)c(OC)c2)cc1OC. The van der Waals surface area contributed by atoms with Gasteiger partial charge in [0.05, 0.1) is 34.9 Å². The number of carbonyl (C=O) groups is 1. The molecule has 1 amide bonds. The predicted molar refractivity (Wildman–Crippen MR) is 104 cm³/mol. The van der Waals surface area contributed by atoms with E-state index < -0.39 is 0 Å². The smallest absolute Gasteiger partial charge is 0.224 e. The van der Waals surface area contributed by atoms with Crippen LogP contribution < -0.4 is 24.3 Å². The van der Waals surface area contributed by atoms with Gasteiger partial charge in [-0.15, -0.1) is 0 Å². The Bertz CT molecular complexity index is 760. The van der Waals surface area contributed by atoms with Crippen molar-refractivity contribution in [2.45, 2.75) is 19.3 Å². The molecule has 0 radical (unpaired) electrons. The van der Waals surface area contributed by atoms with Crippen LogP contribution in [0.4, 0.5) is 0 Å². The highest BCUT2D eigenvalue weighted by Crippen LogP contribution is 2.28. The lowest BCUT2D eigenvalue weighted by Crippen LogP contribution is -2.26. The molecule has 0 aliphatic carbocycles. The summed E-state index contributed by atoms with van der Waals surface area (Å²) in [6.45, 7) is 0.612. The van der Waals surface area contributed by atoms with Crippen LogP contribution >= 0.6 is 0 Å². The standard InChI is InChI=1S/C21H27NO5/c1-24-17-9-7-15(12-19(17)26-3)6-5-11-22-21(23)14-16-8-10-18(25-2)20(13-16)27-4/h7-10,12-13H,5-6,11,14H2,1-4H3,(H,22,23). The summed E-state index contributed by atoms with van der Waals surface area (Å²) >= 11 is 0. The summed E-state index contributed by atoms with van der Waals surface area (Å²) in [6.07, 6.45) is 1.99. The molecule has 6 heteroatoms. The van der Waals surface area contributed by atoms with Crippen LogP contribution in [-0.2, 0) is 17.6 Å². The van der Waals surface area contributed by atoms with E-state index in [1.165, 1.54) is 0 Å². The van der Waals surface area contributed by atoms with E-state index in [0.29, 0.717) is 36.0 Å². The number of carbonyl (C=O) groups excluding carboxylic acids is 1. The van der Waals surface area contributed by atoms with Gasteiger partial charge in [-0.05, 0) is 48.2 Å². The second-order valence-electron chi connectivity index (χ2n) is 6.01. The summed E-state index contributed by atoms with van der Waals surface area (Å²) in [6, 6.07) is 11.4. The number of hydrogen-bond acceptors (Lipinski definition) is 5. The summed E-state index contributed by atoms with van der Waals surface area (Å²) in [4.78, 5) is 12.1. The van der Waals surface area contributed by atoms with Gasteiger partial charge in [-0.3, -0.25) is 4.79 Å². The van der Waals surface area contributed by atoms with E-state index in [4.69, 9.17) is 18.9 Å². The molecule has 2 rings (SSSR count). The average Bonchev–Trinajstić information content (AvgIpc) is 2.70. The molecule has 0 bridgehead atoms. The lowest BCUT2D eigenvalue weighted by molar-refractivity contribution is -0.120. The van der Waals surface area contributed by atoms with E-state index >= 15 is 0 Å². The summed E-state index contributed by atoms with van der Waals surface area (Å²) in [5.41, 5.74) is 2.02. The monoisotopic (exact) mass is 373 g/mol. The summed E-state index contributed by atoms with van der Waals surface area (Å²) in [5.74, 6) is 2.68. The highest BCUT2D eigenvalue weighted by Gasteiger charge is 2.09. The van der Waals surface area contributed by atoms with Crippen molar-refractivity contribution < 1.29 is 23.7 Å². The van der Waals surface area contributed by atoms with Crippen LogP contribution in [0.25, 0.3) is 0 Å². The predicted octanol–water partition coefficient (Wildman–Crippen LogP) is 3.01. The lowest BCUT2D eigenvalue weighted by atomic mass is 10.1. The molecule has 6 nitrogen and oxygen atoms in total. The third-order valence-electron chi connectivity index (χ3n) is 4.22. The van der Waals surface area contributed by atoms with Gasteiger partial charge in [-0.25, -0.2) is 0 Å². The number of ether oxygens (including phenoxy) is 4. The van der Waals surface area contributed by atoms with E-state index in [1.807, 2.05) is 30.3 Å². The minimum absolute atomic E-state index is 0.0190. The van der Waals surface area contributed by atoms with Gasteiger partial charge in [0.15, 0.2) is 23.0 Å². The largest absolute Gasteiger partial charge is 0.493 e. The molecule has 146 valence electrons. The molecule has 0 aliphatic rings. The fraction of sp³-hybridized carbons (Fsp3) is 0.381. The maximum absolute atomic E-state index is 12.1. The minimum atomic E-state index is -0.0190. The second-order valence-corrected chi connectivity index (χ2v) is 6.01. The van der Waals surface area contributed by atoms with Crippen molar-refractivity contribution in [2.24, 2.45) is 0 Å². The molecule has 0 heterocycles. The maximum Gasteiger partial charge on any atom is 0.224 e. The lowest BCUT2D eigenvalue weighted by Gasteiger charge is -2.11. The van der Waals surface area contributed by atoms with Crippen LogP contribution in [0.15, 0.2) is 36.4 Å². The second kappa shape index (κ2) is 10.3. The Hall–Kier alpha value is -2.89. The third-order valence-corrected chi connectivity index (χ3v) is 4.22. The van der Waals surface area contributed by atoms with E-state index in [9.17, 15) is 4.79 Å². The molecular formula is C21H27NO5. The van der Waals surface area contributed by atoms with Gasteiger partial charge in [0.2, 0.25) is 5.91 Å². The van der Waals surface area contributed by atoms with Crippen LogP contribution in [0.1, 0.15) is 17.5 Å². The van der Waals surface area contributed by atoms with Crippen molar-refractivity contribution in [3.63, 3.8) is 0 Å². The Morgan fingerprint density at radius 3 is 1.85 bits per heavy atom. The van der Waals surface area contributed by atoms with E-state index in [0.717, 1.165) is 24.0 Å². The molecule has 0 spiro atoms. The molecule has 27 heavy (non-hydrogen) atoms. The van der Waals surface area contributed by atoms with Crippen LogP contribution in [-0.4, -0.2) is 40.9 Å². The van der Waals surface area contributed by atoms with Gasteiger partial charge in [0.1, 0.15) is 0 Å². The maximum atomic E-state index is 12.1. The topological polar surface area (TPSA) is 66.0 Å². The molecule has 0 aromatic heterocycles. The molecule has 0 unspecified atom stereocenters. The normalized spacial score (nSPS) is 10.2. The average molecular weight is 373 g/mol. The fourth-order valence-corrected chi connectivity index (χ4v) is 2.79. The zero-order valence-corrected chi connectivity index (χ0v) is 16.3. The van der Waals surface area contributed by atoms with Crippen LogP contribution in [0.3, 0.4) is 0 Å². The first-order valence-corrected chi connectivity index (χ1v) is 8.79. The van der Waals surface area contributed by atoms with Crippen molar-refractivity contribution >= 4 is 5.91 Å². The van der Waals surface area contributed by atoms with E-state index in [1.54, 1.807) is 34.5 Å². The molecule has 2 aromatic rings. The number of aryl methyl sites for hydroxylation is 1. The third kappa shape index (κ3) is 5.81. The zero-order valence-electron chi connectivity index (χ0n) is 16.3. The van der Waals surface area contributed by atoms with Crippen molar-refractivity contribution in [1.29, 1.82) is 0 Å². The van der Waals surface area contributed by atoms with Gasteiger partial charge in [0, 0.05) is 6.54 Å². The number of benzene rings is 2. The van der Waals surface area contributed by atoms with Crippen molar-refractivity contribution in [3.05, 3.63) is 47.5 Å². The quantitative estimate of drug-likeness (QED) is 0.649. The Balaban J connectivity index is 1.79. The Labute approximate surface area is 160 Å². The first-order chi connectivity index (χ1) is 13.1. The molecule has 0 fully saturated rings. The first-order valence-electron chi connectivity index (χ1n) is 8.79. The first kappa shape index (κ1) is 20.4. The molecule has 0 atom stereocenters. The van der Waals surface area contributed by atoms with Crippen LogP contribution in [0, 0.1) is 0 Å². The molecular weight excluding hydrogens is 346 g/mol.